The molecule has 0 amide bonds. The Morgan fingerprint density at radius 3 is 2.70 bits per heavy atom. The molecule has 0 bridgehead atoms. The van der Waals surface area contributed by atoms with E-state index in [0.29, 0.717) is 18.5 Å². The molecule has 0 spiro atoms. The van der Waals surface area contributed by atoms with Gasteiger partial charge < -0.3 is 15.9 Å². The largest absolute Gasteiger partial charge is 0.512 e. The third-order valence-electron chi connectivity index (χ3n) is 1.45. The summed E-state index contributed by atoms with van der Waals surface area (Å²) in [6, 6.07) is 0. The minimum absolute atomic E-state index is 0.162. The van der Waals surface area contributed by atoms with Crippen molar-refractivity contribution >= 4 is 5.84 Å². The molecule has 4 nitrogen and oxygen atoms in total. The Bertz CT molecular complexity index is 196. The Balaban J connectivity index is 2.87. The van der Waals surface area contributed by atoms with Gasteiger partial charge in [0, 0.05) is 13.0 Å². The van der Waals surface area contributed by atoms with Crippen LogP contribution in [0.3, 0.4) is 0 Å². The second-order valence-corrected chi connectivity index (χ2v) is 2.10. The summed E-state index contributed by atoms with van der Waals surface area (Å²) in [5.41, 5.74) is 5.72. The number of aliphatic hydroxyl groups is 2. The molecule has 0 saturated heterocycles. The average Bonchev–Trinajstić information content (AvgIpc) is 1.88. The lowest BCUT2D eigenvalue weighted by molar-refractivity contribution is 0.315. The lowest BCUT2D eigenvalue weighted by Crippen LogP contribution is -2.23. The first-order chi connectivity index (χ1) is 4.75. The molecule has 1 aliphatic heterocycles. The Morgan fingerprint density at radius 2 is 2.30 bits per heavy atom. The second kappa shape index (κ2) is 2.70. The Kier molecular flexibility index (Phi) is 1.91. The molecule has 0 unspecified atom stereocenters. The van der Waals surface area contributed by atoms with E-state index >= 15 is 0 Å². The lowest BCUT2D eigenvalue weighted by atomic mass is 10.1. The summed E-state index contributed by atoms with van der Waals surface area (Å²) in [7, 11) is 0. The zero-order valence-corrected chi connectivity index (χ0v) is 5.54. The highest BCUT2D eigenvalue weighted by Crippen LogP contribution is 2.10. The highest BCUT2D eigenvalue weighted by molar-refractivity contribution is 5.98. The van der Waals surface area contributed by atoms with Gasteiger partial charge in [0.25, 0.3) is 0 Å². The summed E-state index contributed by atoms with van der Waals surface area (Å²) in [5.74, 6) is 0.418. The molecule has 0 aromatic rings. The fourth-order valence-corrected chi connectivity index (χ4v) is 0.849. The number of aliphatic imine (C=N–C) groups is 1. The van der Waals surface area contributed by atoms with Gasteiger partial charge in [-0.3, -0.25) is 4.99 Å². The van der Waals surface area contributed by atoms with Gasteiger partial charge in [-0.25, -0.2) is 0 Å². The summed E-state index contributed by atoms with van der Waals surface area (Å²) >= 11 is 0. The van der Waals surface area contributed by atoms with Crippen molar-refractivity contribution in [3.8, 4) is 0 Å². The van der Waals surface area contributed by atoms with Crippen LogP contribution in [0.1, 0.15) is 6.42 Å². The summed E-state index contributed by atoms with van der Waals surface area (Å²) < 4.78 is 0. The van der Waals surface area contributed by atoms with Crippen LogP contribution in [0, 0.1) is 0 Å². The first-order valence-electron chi connectivity index (χ1n) is 3.08. The summed E-state index contributed by atoms with van der Waals surface area (Å²) in [4.78, 5) is 3.85. The number of hydrogen-bond donors (Lipinski definition) is 3. The normalized spacial score (nSPS) is 19.1. The average molecular weight is 142 g/mol. The monoisotopic (exact) mass is 142 g/mol. The van der Waals surface area contributed by atoms with Crippen LogP contribution in [0.15, 0.2) is 16.3 Å². The molecular formula is C6H10N2O2. The van der Waals surface area contributed by atoms with E-state index in [9.17, 15) is 0 Å². The SMILES string of the molecule is NC1=NCCC(O)=C1CO. The maximum absolute atomic E-state index is 9.10. The number of nitrogens with zero attached hydrogens (tertiary/aromatic N) is 1. The third kappa shape index (κ3) is 1.11. The molecule has 4 N–H and O–H groups in total. The van der Waals surface area contributed by atoms with Crippen molar-refractivity contribution in [1.29, 1.82) is 0 Å². The van der Waals surface area contributed by atoms with Crippen LogP contribution in [0.25, 0.3) is 0 Å². The van der Waals surface area contributed by atoms with Crippen LogP contribution in [0.2, 0.25) is 0 Å². The van der Waals surface area contributed by atoms with Crippen molar-refractivity contribution in [2.24, 2.45) is 10.7 Å². The Morgan fingerprint density at radius 1 is 1.60 bits per heavy atom. The molecule has 0 saturated carbocycles. The standard InChI is InChI=1S/C6H10N2O2/c7-6-4(3-9)5(10)1-2-8-6/h9-10H,1-3H2,(H2,7,8). The van der Waals surface area contributed by atoms with Crippen molar-refractivity contribution in [2.75, 3.05) is 13.2 Å². The van der Waals surface area contributed by atoms with E-state index < -0.39 is 0 Å². The number of amidine groups is 1. The minimum Gasteiger partial charge on any atom is -0.512 e. The van der Waals surface area contributed by atoms with E-state index in [2.05, 4.69) is 4.99 Å². The molecule has 0 fully saturated rings. The zero-order chi connectivity index (χ0) is 7.56. The second-order valence-electron chi connectivity index (χ2n) is 2.10. The summed E-state index contributed by atoms with van der Waals surface area (Å²) in [6.07, 6.45) is 0.483. The van der Waals surface area contributed by atoms with Crippen LogP contribution < -0.4 is 5.73 Å². The van der Waals surface area contributed by atoms with Gasteiger partial charge >= 0.3 is 0 Å². The van der Waals surface area contributed by atoms with Gasteiger partial charge in [-0.15, -0.1) is 0 Å². The van der Waals surface area contributed by atoms with Crippen LogP contribution in [0.4, 0.5) is 0 Å². The third-order valence-corrected chi connectivity index (χ3v) is 1.45. The van der Waals surface area contributed by atoms with Crippen molar-refractivity contribution in [3.63, 3.8) is 0 Å². The molecule has 0 aromatic heterocycles. The van der Waals surface area contributed by atoms with Crippen LogP contribution in [-0.2, 0) is 0 Å². The van der Waals surface area contributed by atoms with E-state index in [1.165, 1.54) is 0 Å². The van der Waals surface area contributed by atoms with Crippen molar-refractivity contribution in [3.05, 3.63) is 11.3 Å². The van der Waals surface area contributed by atoms with Gasteiger partial charge in [0.15, 0.2) is 0 Å². The molecule has 56 valence electrons. The van der Waals surface area contributed by atoms with Crippen LogP contribution in [0.5, 0.6) is 0 Å². The van der Waals surface area contributed by atoms with Crippen LogP contribution >= 0.6 is 0 Å². The Hall–Kier alpha value is -1.03. The lowest BCUT2D eigenvalue weighted by Gasteiger charge is -2.11. The summed E-state index contributed by atoms with van der Waals surface area (Å²) in [6.45, 7) is 0.280. The van der Waals surface area contributed by atoms with E-state index in [0.717, 1.165) is 0 Å². The first kappa shape index (κ1) is 7.08. The van der Waals surface area contributed by atoms with Crippen molar-refractivity contribution in [1.82, 2.24) is 0 Å². The minimum atomic E-state index is -0.235. The predicted octanol–water partition coefficient (Wildman–Crippen LogP) is -0.448. The van der Waals surface area contributed by atoms with Gasteiger partial charge in [0.1, 0.15) is 11.6 Å². The maximum Gasteiger partial charge on any atom is 0.127 e. The molecule has 1 heterocycles. The maximum atomic E-state index is 9.10. The molecule has 1 aliphatic rings. The van der Waals surface area contributed by atoms with Crippen molar-refractivity contribution < 1.29 is 10.2 Å². The van der Waals surface area contributed by atoms with E-state index in [4.69, 9.17) is 15.9 Å². The molecule has 0 atom stereocenters. The molecular weight excluding hydrogens is 132 g/mol. The zero-order valence-electron chi connectivity index (χ0n) is 5.54. The van der Waals surface area contributed by atoms with Gasteiger partial charge in [-0.1, -0.05) is 0 Å². The van der Waals surface area contributed by atoms with Crippen LogP contribution in [-0.4, -0.2) is 29.2 Å². The molecule has 4 heteroatoms. The number of rotatable bonds is 1. The van der Waals surface area contributed by atoms with Gasteiger partial charge in [-0.05, 0) is 0 Å². The number of hydrogen-bond acceptors (Lipinski definition) is 4. The number of aliphatic hydroxyl groups excluding tert-OH is 2. The molecule has 0 aromatic carbocycles. The Labute approximate surface area is 58.7 Å². The molecule has 0 aliphatic carbocycles. The van der Waals surface area contributed by atoms with E-state index in [-0.39, 0.29) is 18.2 Å². The fourth-order valence-electron chi connectivity index (χ4n) is 0.849. The van der Waals surface area contributed by atoms with E-state index in [1.54, 1.807) is 0 Å². The summed E-state index contributed by atoms with van der Waals surface area (Å²) in [5, 5.41) is 17.8. The van der Waals surface area contributed by atoms with Gasteiger partial charge in [0.05, 0.1) is 12.2 Å². The first-order valence-corrected chi connectivity index (χ1v) is 3.08. The highest BCUT2D eigenvalue weighted by Gasteiger charge is 2.12. The topological polar surface area (TPSA) is 78.8 Å². The van der Waals surface area contributed by atoms with E-state index in [1.807, 2.05) is 0 Å². The molecule has 0 radical (unpaired) electrons. The predicted molar refractivity (Wildman–Crippen MR) is 37.8 cm³/mol. The van der Waals surface area contributed by atoms with Gasteiger partial charge in [-0.2, -0.15) is 0 Å². The number of dihydropyridines is 1. The smallest absolute Gasteiger partial charge is 0.127 e. The van der Waals surface area contributed by atoms with Crippen molar-refractivity contribution in [2.45, 2.75) is 6.42 Å². The number of nitrogens with two attached hydrogens (primary N) is 1. The highest BCUT2D eigenvalue weighted by atomic mass is 16.3. The quantitative estimate of drug-likeness (QED) is 0.464. The molecule has 10 heavy (non-hydrogen) atoms. The fraction of sp³-hybridized carbons (Fsp3) is 0.500. The molecule has 1 rings (SSSR count). The van der Waals surface area contributed by atoms with Gasteiger partial charge in [0.2, 0.25) is 0 Å².